The molecule has 8 nitrogen and oxygen atoms in total. The van der Waals surface area contributed by atoms with E-state index in [1.165, 1.54) is 9.56 Å². The monoisotopic (exact) mass is 442 g/mol. The Morgan fingerprint density at radius 3 is 2.87 bits per heavy atom. The Balaban J connectivity index is 1.41. The summed E-state index contributed by atoms with van der Waals surface area (Å²) in [5, 5.41) is 11.7. The molecule has 4 rings (SSSR count). The molecule has 31 heavy (non-hydrogen) atoms. The number of aryl methyl sites for hydroxylation is 1. The Morgan fingerprint density at radius 1 is 1.29 bits per heavy atom. The van der Waals surface area contributed by atoms with Gasteiger partial charge in [-0.2, -0.15) is 0 Å². The van der Waals surface area contributed by atoms with E-state index in [1.54, 1.807) is 25.6 Å². The Kier molecular flexibility index (Phi) is 6.22. The maximum Gasteiger partial charge on any atom is 0.279 e. The molecule has 0 saturated heterocycles. The lowest BCUT2D eigenvalue weighted by Crippen LogP contribution is -2.35. The van der Waals surface area contributed by atoms with Crippen LogP contribution in [0.15, 0.2) is 23.0 Å². The zero-order valence-electron chi connectivity index (χ0n) is 17.9. The quantitative estimate of drug-likeness (QED) is 0.604. The lowest BCUT2D eigenvalue weighted by molar-refractivity contribution is -0.121. The van der Waals surface area contributed by atoms with Gasteiger partial charge in [-0.15, -0.1) is 16.4 Å². The number of rotatable bonds is 7. The smallest absolute Gasteiger partial charge is 0.279 e. The number of nitrogens with one attached hydrogen (secondary N) is 1. The predicted octanol–water partition coefficient (Wildman–Crippen LogP) is 2.35. The van der Waals surface area contributed by atoms with Gasteiger partial charge in [0.2, 0.25) is 5.91 Å². The highest BCUT2D eigenvalue weighted by Gasteiger charge is 2.24. The predicted molar refractivity (Wildman–Crippen MR) is 119 cm³/mol. The van der Waals surface area contributed by atoms with Crippen molar-refractivity contribution in [1.82, 2.24) is 20.3 Å². The van der Waals surface area contributed by atoms with E-state index in [9.17, 15) is 9.59 Å². The second-order valence-electron chi connectivity index (χ2n) is 7.87. The Hall–Kier alpha value is -2.94. The summed E-state index contributed by atoms with van der Waals surface area (Å²) in [6.45, 7) is 2.52. The number of nitrogens with zero attached hydrogens (tertiary/aromatic N) is 3. The van der Waals surface area contributed by atoms with Crippen molar-refractivity contribution >= 4 is 27.5 Å². The van der Waals surface area contributed by atoms with E-state index < -0.39 is 0 Å². The average Bonchev–Trinajstić information content (AvgIpc) is 3.13. The minimum absolute atomic E-state index is 0.144. The van der Waals surface area contributed by atoms with Crippen LogP contribution >= 0.6 is 11.3 Å². The van der Waals surface area contributed by atoms with E-state index in [1.807, 2.05) is 18.2 Å². The van der Waals surface area contributed by atoms with E-state index in [4.69, 9.17) is 9.47 Å². The molecule has 0 radical (unpaired) electrons. The maximum atomic E-state index is 13.0. The molecule has 1 aliphatic carbocycles. The number of ether oxygens (including phenoxy) is 2. The fourth-order valence-corrected chi connectivity index (χ4v) is 5.29. The number of methoxy groups -OCH3 is 2. The number of carbonyl (C=O) groups is 1. The van der Waals surface area contributed by atoms with Gasteiger partial charge < -0.3 is 14.8 Å². The minimum Gasteiger partial charge on any atom is -0.493 e. The minimum atomic E-state index is -0.269. The summed E-state index contributed by atoms with van der Waals surface area (Å²) in [7, 11) is 3.18. The molecule has 1 N–H and O–H groups in total. The van der Waals surface area contributed by atoms with Gasteiger partial charge in [-0.3, -0.25) is 9.59 Å². The molecule has 164 valence electrons. The Morgan fingerprint density at radius 2 is 2.10 bits per heavy atom. The van der Waals surface area contributed by atoms with E-state index in [-0.39, 0.29) is 18.0 Å². The summed E-state index contributed by atoms with van der Waals surface area (Å²) < 4.78 is 11.7. The third-order valence-corrected chi connectivity index (χ3v) is 6.80. The van der Waals surface area contributed by atoms with E-state index >= 15 is 0 Å². The van der Waals surface area contributed by atoms with Crippen LogP contribution < -0.4 is 20.3 Å². The third-order valence-electron chi connectivity index (χ3n) is 5.66. The van der Waals surface area contributed by atoms with Crippen molar-refractivity contribution < 1.29 is 14.3 Å². The molecule has 0 saturated carbocycles. The Labute approximate surface area is 184 Å². The van der Waals surface area contributed by atoms with Crippen LogP contribution in [-0.4, -0.2) is 41.7 Å². The molecular weight excluding hydrogens is 416 g/mol. The SMILES string of the molecule is COc1ccc(CCNC(=O)Cn2nnc3sc4c(c3c2=O)CC[C@@H](C)C4)cc1OC. The molecule has 1 amide bonds. The van der Waals surface area contributed by atoms with Crippen molar-refractivity contribution in [3.8, 4) is 11.5 Å². The molecule has 0 spiro atoms. The highest BCUT2D eigenvalue weighted by atomic mass is 32.1. The van der Waals surface area contributed by atoms with Gasteiger partial charge in [-0.25, -0.2) is 4.68 Å². The lowest BCUT2D eigenvalue weighted by Gasteiger charge is -2.17. The number of hydrogen-bond acceptors (Lipinski definition) is 7. The van der Waals surface area contributed by atoms with Gasteiger partial charge in [0.15, 0.2) is 16.3 Å². The largest absolute Gasteiger partial charge is 0.493 e. The average molecular weight is 443 g/mol. The molecule has 3 aromatic rings. The zero-order valence-corrected chi connectivity index (χ0v) is 18.8. The number of hydrogen-bond donors (Lipinski definition) is 1. The molecule has 1 aromatic carbocycles. The standard InChI is InChI=1S/C22H26N4O4S/c1-13-4-6-15-18(10-13)31-21-20(15)22(28)26(25-24-21)12-19(27)23-9-8-14-5-7-16(29-2)17(11-14)30-3/h5,7,11,13H,4,6,8-10,12H2,1-3H3,(H,23,27)/t13-/m1/s1. The van der Waals surface area contributed by atoms with Gasteiger partial charge in [0.1, 0.15) is 6.54 Å². The summed E-state index contributed by atoms with van der Waals surface area (Å²) in [6.07, 6.45) is 3.56. The van der Waals surface area contributed by atoms with Crippen molar-refractivity contribution in [3.63, 3.8) is 0 Å². The van der Waals surface area contributed by atoms with Crippen LogP contribution in [0.2, 0.25) is 0 Å². The van der Waals surface area contributed by atoms with Crippen molar-refractivity contribution in [1.29, 1.82) is 0 Å². The third kappa shape index (κ3) is 4.41. The normalized spacial score (nSPS) is 15.5. The number of amides is 1. The summed E-state index contributed by atoms with van der Waals surface area (Å²) in [6, 6.07) is 5.65. The highest BCUT2D eigenvalue weighted by Crippen LogP contribution is 2.35. The molecule has 0 unspecified atom stereocenters. The first-order valence-electron chi connectivity index (χ1n) is 10.4. The van der Waals surface area contributed by atoms with Crippen LogP contribution in [0.25, 0.3) is 10.2 Å². The van der Waals surface area contributed by atoms with E-state index in [0.29, 0.717) is 40.6 Å². The molecule has 1 aliphatic rings. The van der Waals surface area contributed by atoms with Gasteiger partial charge in [0, 0.05) is 11.4 Å². The van der Waals surface area contributed by atoms with Crippen molar-refractivity contribution in [2.45, 2.75) is 39.2 Å². The summed E-state index contributed by atoms with van der Waals surface area (Å²) in [5.41, 5.74) is 1.88. The molecule has 0 fully saturated rings. The number of benzene rings is 1. The van der Waals surface area contributed by atoms with Gasteiger partial charge in [-0.1, -0.05) is 18.2 Å². The summed E-state index contributed by atoms with van der Waals surface area (Å²) in [5.74, 6) is 1.66. The van der Waals surface area contributed by atoms with E-state index in [2.05, 4.69) is 22.6 Å². The molecule has 0 aliphatic heterocycles. The number of thiophene rings is 1. The molecule has 9 heteroatoms. The molecule has 2 heterocycles. The van der Waals surface area contributed by atoms with E-state index in [0.717, 1.165) is 30.4 Å². The zero-order chi connectivity index (χ0) is 22.0. The second kappa shape index (κ2) is 9.05. The molecule has 0 bridgehead atoms. The second-order valence-corrected chi connectivity index (χ2v) is 8.96. The van der Waals surface area contributed by atoms with Crippen LogP contribution in [0.4, 0.5) is 0 Å². The fraction of sp³-hybridized carbons (Fsp3) is 0.455. The summed E-state index contributed by atoms with van der Waals surface area (Å²) in [4.78, 5) is 27.3. The maximum absolute atomic E-state index is 13.0. The van der Waals surface area contributed by atoms with Crippen LogP contribution in [-0.2, 0) is 30.6 Å². The number of carbonyl (C=O) groups excluding carboxylic acids is 1. The summed E-state index contributed by atoms with van der Waals surface area (Å²) >= 11 is 1.56. The first-order valence-corrected chi connectivity index (χ1v) is 11.2. The van der Waals surface area contributed by atoms with Crippen LogP contribution in [0.5, 0.6) is 11.5 Å². The first-order chi connectivity index (χ1) is 15.0. The topological polar surface area (TPSA) is 95.3 Å². The molecular formula is C22H26N4O4S. The lowest BCUT2D eigenvalue weighted by atomic mass is 9.89. The highest BCUT2D eigenvalue weighted by molar-refractivity contribution is 7.18. The molecule has 2 aromatic heterocycles. The van der Waals surface area contributed by atoms with Crippen molar-refractivity contribution in [3.05, 3.63) is 44.6 Å². The van der Waals surface area contributed by atoms with Gasteiger partial charge in [0.25, 0.3) is 5.56 Å². The fourth-order valence-electron chi connectivity index (χ4n) is 3.97. The van der Waals surface area contributed by atoms with Crippen LogP contribution in [0.1, 0.15) is 29.3 Å². The van der Waals surface area contributed by atoms with Crippen LogP contribution in [0.3, 0.4) is 0 Å². The van der Waals surface area contributed by atoms with Crippen molar-refractivity contribution in [2.75, 3.05) is 20.8 Å². The molecule has 1 atom stereocenters. The number of fused-ring (bicyclic) bond motifs is 3. The van der Waals surface area contributed by atoms with Crippen molar-refractivity contribution in [2.24, 2.45) is 5.92 Å². The number of aromatic nitrogens is 3. The van der Waals surface area contributed by atoms with Gasteiger partial charge in [-0.05, 0) is 54.9 Å². The van der Waals surface area contributed by atoms with Crippen LogP contribution in [0, 0.1) is 5.92 Å². The Bertz CT molecular complexity index is 1170. The van der Waals surface area contributed by atoms with Gasteiger partial charge in [0.05, 0.1) is 19.6 Å². The first kappa shape index (κ1) is 21.3. The van der Waals surface area contributed by atoms with Gasteiger partial charge >= 0.3 is 0 Å².